The first-order valence-electron chi connectivity index (χ1n) is 7.03. The number of ether oxygens (including phenoxy) is 2. The first-order valence-corrected chi connectivity index (χ1v) is 7.03. The Balaban J connectivity index is 2.31. The van der Waals surface area contributed by atoms with Crippen LogP contribution in [0, 0.1) is 5.92 Å². The predicted molar refractivity (Wildman–Crippen MR) is 83.6 cm³/mol. The third-order valence-corrected chi connectivity index (χ3v) is 3.21. The second-order valence-electron chi connectivity index (χ2n) is 5.10. The molecule has 22 heavy (non-hydrogen) atoms. The summed E-state index contributed by atoms with van der Waals surface area (Å²) in [7, 11) is 1.49. The van der Waals surface area contributed by atoms with Gasteiger partial charge in [-0.25, -0.2) is 4.79 Å². The molecule has 114 valence electrons. The fourth-order valence-corrected chi connectivity index (χ4v) is 2.04. The van der Waals surface area contributed by atoms with Gasteiger partial charge in [-0.3, -0.25) is 4.79 Å². The highest BCUT2D eigenvalue weighted by molar-refractivity contribution is 6.01. The summed E-state index contributed by atoms with van der Waals surface area (Å²) < 4.78 is 10.6. The van der Waals surface area contributed by atoms with Gasteiger partial charge in [0.15, 0.2) is 5.78 Å². The van der Waals surface area contributed by atoms with Crippen LogP contribution in [0.5, 0.6) is 11.5 Å². The number of benzene rings is 2. The molecule has 2 rings (SSSR count). The molecule has 4 heteroatoms. The van der Waals surface area contributed by atoms with E-state index < -0.39 is 5.97 Å². The number of methoxy groups -OCH3 is 1. The Morgan fingerprint density at radius 3 is 2.00 bits per heavy atom. The summed E-state index contributed by atoms with van der Waals surface area (Å²) in [6.07, 6.45) is 0. The lowest BCUT2D eigenvalue weighted by atomic mass is 10.0. The normalized spacial score (nSPS) is 10.4. The van der Waals surface area contributed by atoms with E-state index in [4.69, 9.17) is 9.47 Å². The SMILES string of the molecule is COc1ccccc1C(=O)Oc1ccccc1C(=O)C(C)C. The number of rotatable bonds is 5. The molecule has 0 aliphatic carbocycles. The Kier molecular flexibility index (Phi) is 4.94. The fraction of sp³-hybridized carbons (Fsp3) is 0.222. The number of carbonyl (C=O) groups is 2. The molecular formula is C18H18O4. The molecule has 0 saturated carbocycles. The van der Waals surface area contributed by atoms with E-state index in [1.54, 1.807) is 62.4 Å². The minimum Gasteiger partial charge on any atom is -0.496 e. The molecule has 0 heterocycles. The molecule has 0 spiro atoms. The Morgan fingerprint density at radius 1 is 0.864 bits per heavy atom. The van der Waals surface area contributed by atoms with Gasteiger partial charge in [-0.05, 0) is 24.3 Å². The molecule has 0 atom stereocenters. The zero-order valence-corrected chi connectivity index (χ0v) is 12.8. The molecule has 4 nitrogen and oxygen atoms in total. The number of hydrogen-bond acceptors (Lipinski definition) is 4. The lowest BCUT2D eigenvalue weighted by Gasteiger charge is -2.12. The molecule has 0 N–H and O–H groups in total. The first-order chi connectivity index (χ1) is 10.5. The smallest absolute Gasteiger partial charge is 0.347 e. The van der Waals surface area contributed by atoms with Crippen molar-refractivity contribution in [2.24, 2.45) is 5.92 Å². The highest BCUT2D eigenvalue weighted by atomic mass is 16.5. The van der Waals surface area contributed by atoms with E-state index in [-0.39, 0.29) is 17.5 Å². The Labute approximate surface area is 129 Å². The average Bonchev–Trinajstić information content (AvgIpc) is 2.54. The van der Waals surface area contributed by atoms with Crippen molar-refractivity contribution < 1.29 is 19.1 Å². The quantitative estimate of drug-likeness (QED) is 0.479. The topological polar surface area (TPSA) is 52.6 Å². The van der Waals surface area contributed by atoms with Gasteiger partial charge in [0.1, 0.15) is 17.1 Å². The zero-order valence-electron chi connectivity index (χ0n) is 12.8. The molecule has 0 aliphatic rings. The van der Waals surface area contributed by atoms with Crippen molar-refractivity contribution in [1.82, 2.24) is 0 Å². The molecular weight excluding hydrogens is 280 g/mol. The summed E-state index contributed by atoms with van der Waals surface area (Å²) >= 11 is 0. The second-order valence-corrected chi connectivity index (χ2v) is 5.10. The van der Waals surface area contributed by atoms with E-state index in [2.05, 4.69) is 0 Å². The number of ketones is 1. The number of esters is 1. The highest BCUT2D eigenvalue weighted by Gasteiger charge is 2.19. The van der Waals surface area contributed by atoms with E-state index in [1.165, 1.54) is 7.11 Å². The van der Waals surface area contributed by atoms with Crippen molar-refractivity contribution >= 4 is 11.8 Å². The zero-order chi connectivity index (χ0) is 16.1. The minimum atomic E-state index is -0.554. The van der Waals surface area contributed by atoms with Gasteiger partial charge >= 0.3 is 5.97 Å². The second kappa shape index (κ2) is 6.89. The molecule has 0 aromatic heterocycles. The van der Waals surface area contributed by atoms with Gasteiger partial charge in [0.05, 0.1) is 12.7 Å². The lowest BCUT2D eigenvalue weighted by molar-refractivity contribution is 0.0728. The predicted octanol–water partition coefficient (Wildman–Crippen LogP) is 3.75. The van der Waals surface area contributed by atoms with Crippen LogP contribution in [0.25, 0.3) is 0 Å². The lowest BCUT2D eigenvalue weighted by Crippen LogP contribution is -2.14. The maximum atomic E-state index is 12.3. The van der Waals surface area contributed by atoms with Crippen LogP contribution >= 0.6 is 0 Å². The third-order valence-electron chi connectivity index (χ3n) is 3.21. The molecule has 0 unspecified atom stereocenters. The van der Waals surface area contributed by atoms with Crippen LogP contribution in [0.4, 0.5) is 0 Å². The van der Waals surface area contributed by atoms with Crippen LogP contribution in [0.1, 0.15) is 34.6 Å². The molecule has 0 fully saturated rings. The van der Waals surface area contributed by atoms with Crippen LogP contribution in [-0.4, -0.2) is 18.9 Å². The average molecular weight is 298 g/mol. The molecule has 2 aromatic carbocycles. The van der Waals surface area contributed by atoms with Crippen molar-refractivity contribution in [3.8, 4) is 11.5 Å². The maximum Gasteiger partial charge on any atom is 0.347 e. The van der Waals surface area contributed by atoms with E-state index in [0.717, 1.165) is 0 Å². The first kappa shape index (κ1) is 15.8. The van der Waals surface area contributed by atoms with Gasteiger partial charge in [-0.1, -0.05) is 38.1 Å². The summed E-state index contributed by atoms with van der Waals surface area (Å²) in [6, 6.07) is 13.5. The fourth-order valence-electron chi connectivity index (χ4n) is 2.04. The summed E-state index contributed by atoms with van der Waals surface area (Å²) in [5.41, 5.74) is 0.720. The van der Waals surface area contributed by atoms with Gasteiger partial charge in [-0.2, -0.15) is 0 Å². The monoisotopic (exact) mass is 298 g/mol. The molecule has 0 amide bonds. The summed E-state index contributed by atoms with van der Waals surface area (Å²) in [5, 5.41) is 0. The number of hydrogen-bond donors (Lipinski definition) is 0. The van der Waals surface area contributed by atoms with Crippen molar-refractivity contribution in [2.75, 3.05) is 7.11 Å². The van der Waals surface area contributed by atoms with Gasteiger partial charge in [0.2, 0.25) is 0 Å². The van der Waals surface area contributed by atoms with Gasteiger partial charge in [0, 0.05) is 5.92 Å². The van der Waals surface area contributed by atoms with Crippen molar-refractivity contribution in [3.63, 3.8) is 0 Å². The maximum absolute atomic E-state index is 12.3. The van der Waals surface area contributed by atoms with E-state index >= 15 is 0 Å². The molecule has 0 aliphatic heterocycles. The van der Waals surface area contributed by atoms with Crippen LogP contribution < -0.4 is 9.47 Å². The number of Topliss-reactive ketones (excluding diaryl/α,β-unsaturated/α-hetero) is 1. The summed E-state index contributed by atoms with van der Waals surface area (Å²) in [6.45, 7) is 3.61. The Morgan fingerprint density at radius 2 is 1.41 bits per heavy atom. The summed E-state index contributed by atoms with van der Waals surface area (Å²) in [4.78, 5) is 24.5. The minimum absolute atomic E-state index is 0.0663. The number of carbonyl (C=O) groups excluding carboxylic acids is 2. The van der Waals surface area contributed by atoms with Crippen LogP contribution in [-0.2, 0) is 0 Å². The van der Waals surface area contributed by atoms with E-state index in [0.29, 0.717) is 16.9 Å². The van der Waals surface area contributed by atoms with Crippen molar-refractivity contribution in [3.05, 3.63) is 59.7 Å². The van der Waals surface area contributed by atoms with Crippen LogP contribution in [0.15, 0.2) is 48.5 Å². The van der Waals surface area contributed by atoms with Gasteiger partial charge in [-0.15, -0.1) is 0 Å². The van der Waals surface area contributed by atoms with Crippen molar-refractivity contribution in [1.29, 1.82) is 0 Å². The van der Waals surface area contributed by atoms with Gasteiger partial charge < -0.3 is 9.47 Å². The van der Waals surface area contributed by atoms with Gasteiger partial charge in [0.25, 0.3) is 0 Å². The standard InChI is InChI=1S/C18H18O4/c1-12(2)17(19)13-8-4-7-11-16(13)22-18(20)14-9-5-6-10-15(14)21-3/h4-12H,1-3H3. The Bertz CT molecular complexity index is 689. The largest absolute Gasteiger partial charge is 0.496 e. The summed E-state index contributed by atoms with van der Waals surface area (Å²) in [5.74, 6) is -0.103. The van der Waals surface area contributed by atoms with Crippen LogP contribution in [0.3, 0.4) is 0 Å². The van der Waals surface area contributed by atoms with Crippen LogP contribution in [0.2, 0.25) is 0 Å². The third kappa shape index (κ3) is 3.34. The van der Waals surface area contributed by atoms with E-state index in [9.17, 15) is 9.59 Å². The molecule has 0 bridgehead atoms. The van der Waals surface area contributed by atoms with E-state index in [1.807, 2.05) is 0 Å². The highest BCUT2D eigenvalue weighted by Crippen LogP contribution is 2.24. The van der Waals surface area contributed by atoms with Crippen molar-refractivity contribution in [2.45, 2.75) is 13.8 Å². The molecule has 2 aromatic rings. The molecule has 0 radical (unpaired) electrons. The Hall–Kier alpha value is -2.62. The number of para-hydroxylation sites is 2. The molecule has 0 saturated heterocycles.